The van der Waals surface area contributed by atoms with Gasteiger partial charge in [0.05, 0.1) is 4.47 Å². The van der Waals surface area contributed by atoms with Crippen LogP contribution in [0.3, 0.4) is 0 Å². The standard InChI is InChI=1S/C18H17BrFNO3/c1-18(2,3)24-17(22)21-12-5-7-14-11(9-12)8-10-4-6-13(20)15(19)16(10)23-14/h4-7,9H,8H2,1-3H3,(H,21,22). The summed E-state index contributed by atoms with van der Waals surface area (Å²) in [6.45, 7) is 5.42. The van der Waals surface area contributed by atoms with Crippen LogP contribution in [0.15, 0.2) is 34.8 Å². The molecule has 0 unspecified atom stereocenters. The predicted octanol–water partition coefficient (Wildman–Crippen LogP) is 5.63. The highest BCUT2D eigenvalue weighted by molar-refractivity contribution is 9.10. The van der Waals surface area contributed by atoms with Crippen molar-refractivity contribution in [3.05, 3.63) is 51.7 Å². The minimum absolute atomic E-state index is 0.321. The molecular weight excluding hydrogens is 377 g/mol. The van der Waals surface area contributed by atoms with E-state index in [1.165, 1.54) is 6.07 Å². The molecule has 6 heteroatoms. The molecule has 0 fully saturated rings. The number of anilines is 1. The van der Waals surface area contributed by atoms with Gasteiger partial charge in [0.15, 0.2) is 0 Å². The van der Waals surface area contributed by atoms with Crippen molar-refractivity contribution >= 4 is 27.7 Å². The Hall–Kier alpha value is -2.08. The second kappa shape index (κ2) is 6.09. The molecule has 2 aromatic carbocycles. The van der Waals surface area contributed by atoms with Crippen molar-refractivity contribution in [3.8, 4) is 11.5 Å². The van der Waals surface area contributed by atoms with Crippen LogP contribution in [0.1, 0.15) is 31.9 Å². The molecule has 0 saturated carbocycles. The summed E-state index contributed by atoms with van der Waals surface area (Å²) in [4.78, 5) is 11.9. The summed E-state index contributed by atoms with van der Waals surface area (Å²) in [5.74, 6) is 0.777. The van der Waals surface area contributed by atoms with Gasteiger partial charge in [-0.15, -0.1) is 0 Å². The topological polar surface area (TPSA) is 47.6 Å². The van der Waals surface area contributed by atoms with Crippen LogP contribution in [0.5, 0.6) is 11.5 Å². The fraction of sp³-hybridized carbons (Fsp3) is 0.278. The van der Waals surface area contributed by atoms with Crippen LogP contribution < -0.4 is 10.1 Å². The van der Waals surface area contributed by atoms with E-state index < -0.39 is 11.7 Å². The zero-order valence-corrected chi connectivity index (χ0v) is 15.2. The first kappa shape index (κ1) is 16.8. The monoisotopic (exact) mass is 393 g/mol. The number of ether oxygens (including phenoxy) is 2. The molecule has 24 heavy (non-hydrogen) atoms. The molecule has 0 atom stereocenters. The van der Waals surface area contributed by atoms with Crippen LogP contribution in [0, 0.1) is 5.82 Å². The third-order valence-electron chi connectivity index (χ3n) is 3.43. The van der Waals surface area contributed by atoms with E-state index in [-0.39, 0.29) is 5.82 Å². The maximum atomic E-state index is 13.6. The molecule has 4 nitrogen and oxygen atoms in total. The van der Waals surface area contributed by atoms with Crippen LogP contribution in [-0.2, 0) is 11.2 Å². The minimum Gasteiger partial charge on any atom is -0.455 e. The van der Waals surface area contributed by atoms with Gasteiger partial charge in [-0.2, -0.15) is 0 Å². The summed E-state index contributed by atoms with van der Waals surface area (Å²) in [6, 6.07) is 8.41. The van der Waals surface area contributed by atoms with E-state index in [1.54, 1.807) is 39.0 Å². The molecule has 0 bridgehead atoms. The first-order chi connectivity index (χ1) is 11.2. The second-order valence-corrected chi connectivity index (χ2v) is 7.37. The number of rotatable bonds is 1. The number of benzene rings is 2. The lowest BCUT2D eigenvalue weighted by atomic mass is 10.00. The summed E-state index contributed by atoms with van der Waals surface area (Å²) in [7, 11) is 0. The van der Waals surface area contributed by atoms with Crippen LogP contribution in [0.4, 0.5) is 14.9 Å². The lowest BCUT2D eigenvalue weighted by molar-refractivity contribution is 0.0636. The molecule has 0 aromatic heterocycles. The van der Waals surface area contributed by atoms with E-state index in [4.69, 9.17) is 9.47 Å². The van der Waals surface area contributed by atoms with E-state index in [1.807, 2.05) is 6.07 Å². The number of nitrogens with one attached hydrogen (secondary N) is 1. The Morgan fingerprint density at radius 3 is 2.71 bits per heavy atom. The smallest absolute Gasteiger partial charge is 0.412 e. The van der Waals surface area contributed by atoms with Gasteiger partial charge in [-0.1, -0.05) is 6.07 Å². The highest BCUT2D eigenvalue weighted by Crippen LogP contribution is 2.42. The van der Waals surface area contributed by atoms with E-state index >= 15 is 0 Å². The van der Waals surface area contributed by atoms with Gasteiger partial charge < -0.3 is 9.47 Å². The van der Waals surface area contributed by atoms with Crippen LogP contribution >= 0.6 is 15.9 Å². The number of hydrogen-bond donors (Lipinski definition) is 1. The first-order valence-electron chi connectivity index (χ1n) is 7.50. The van der Waals surface area contributed by atoms with Gasteiger partial charge in [0.2, 0.25) is 0 Å². The number of carbonyl (C=O) groups excluding carboxylic acids is 1. The molecule has 0 saturated heterocycles. The Bertz CT molecular complexity index is 815. The summed E-state index contributed by atoms with van der Waals surface area (Å²) >= 11 is 3.22. The summed E-state index contributed by atoms with van der Waals surface area (Å²) in [5.41, 5.74) is 1.85. The first-order valence-corrected chi connectivity index (χ1v) is 8.30. The molecule has 2 aromatic rings. The van der Waals surface area contributed by atoms with E-state index in [2.05, 4.69) is 21.2 Å². The minimum atomic E-state index is -0.559. The number of hydrogen-bond acceptors (Lipinski definition) is 3. The normalized spacial score (nSPS) is 12.7. The van der Waals surface area contributed by atoms with Crippen LogP contribution in [0.25, 0.3) is 0 Å². The average Bonchev–Trinajstić information content (AvgIpc) is 2.47. The Labute approximate surface area is 148 Å². The van der Waals surface area contributed by atoms with Gasteiger partial charge in [-0.25, -0.2) is 9.18 Å². The third kappa shape index (κ3) is 3.53. The Morgan fingerprint density at radius 1 is 1.25 bits per heavy atom. The summed E-state index contributed by atoms with van der Waals surface area (Å²) < 4.78 is 25.0. The predicted molar refractivity (Wildman–Crippen MR) is 93.3 cm³/mol. The third-order valence-corrected chi connectivity index (χ3v) is 4.17. The molecule has 0 spiro atoms. The van der Waals surface area contributed by atoms with Crippen LogP contribution in [0.2, 0.25) is 0 Å². The number of carbonyl (C=O) groups is 1. The van der Waals surface area contributed by atoms with Gasteiger partial charge in [0.25, 0.3) is 0 Å². The van der Waals surface area contributed by atoms with Gasteiger partial charge in [0, 0.05) is 23.2 Å². The van der Waals surface area contributed by atoms with Crippen molar-refractivity contribution in [2.24, 2.45) is 0 Å². The van der Waals surface area contributed by atoms with E-state index in [0.717, 1.165) is 11.1 Å². The summed E-state index contributed by atoms with van der Waals surface area (Å²) in [6.07, 6.45) is 0.0808. The fourth-order valence-corrected chi connectivity index (χ4v) is 2.92. The van der Waals surface area contributed by atoms with Crippen molar-refractivity contribution in [3.63, 3.8) is 0 Å². The molecule has 1 heterocycles. The van der Waals surface area contributed by atoms with Crippen molar-refractivity contribution in [1.82, 2.24) is 0 Å². The van der Waals surface area contributed by atoms with Crippen molar-refractivity contribution in [2.45, 2.75) is 32.8 Å². The average molecular weight is 394 g/mol. The maximum absolute atomic E-state index is 13.6. The van der Waals surface area contributed by atoms with E-state index in [0.29, 0.717) is 28.1 Å². The molecule has 1 amide bonds. The molecule has 1 aliphatic rings. The molecule has 0 radical (unpaired) electrons. The van der Waals surface area contributed by atoms with Gasteiger partial charge in [-0.05, 0) is 61.0 Å². The molecule has 0 aliphatic carbocycles. The number of halogens is 2. The lowest BCUT2D eigenvalue weighted by Crippen LogP contribution is -2.27. The SMILES string of the molecule is CC(C)(C)OC(=O)Nc1ccc2c(c1)Cc1ccc(F)c(Br)c1O2. The lowest BCUT2D eigenvalue weighted by Gasteiger charge is -2.23. The summed E-state index contributed by atoms with van der Waals surface area (Å²) in [5, 5.41) is 2.71. The Balaban J connectivity index is 1.82. The van der Waals surface area contributed by atoms with Crippen molar-refractivity contribution < 1.29 is 18.7 Å². The van der Waals surface area contributed by atoms with Crippen molar-refractivity contribution in [2.75, 3.05) is 5.32 Å². The zero-order valence-electron chi connectivity index (χ0n) is 13.6. The highest BCUT2D eigenvalue weighted by atomic mass is 79.9. The molecule has 1 N–H and O–H groups in total. The Morgan fingerprint density at radius 2 is 2.00 bits per heavy atom. The van der Waals surface area contributed by atoms with E-state index in [9.17, 15) is 9.18 Å². The van der Waals surface area contributed by atoms with Crippen molar-refractivity contribution in [1.29, 1.82) is 0 Å². The molecular formula is C18H17BrFNO3. The molecule has 3 rings (SSSR count). The number of amides is 1. The fourth-order valence-electron chi connectivity index (χ4n) is 2.45. The van der Waals surface area contributed by atoms with Gasteiger partial charge in [0.1, 0.15) is 22.9 Å². The molecule has 126 valence electrons. The maximum Gasteiger partial charge on any atom is 0.412 e. The van der Waals surface area contributed by atoms with Gasteiger partial charge >= 0.3 is 6.09 Å². The van der Waals surface area contributed by atoms with Crippen LogP contribution in [-0.4, -0.2) is 11.7 Å². The second-order valence-electron chi connectivity index (χ2n) is 6.58. The zero-order chi connectivity index (χ0) is 17.5. The number of fused-ring (bicyclic) bond motifs is 2. The quantitative estimate of drug-likeness (QED) is 0.582. The largest absolute Gasteiger partial charge is 0.455 e. The molecule has 1 aliphatic heterocycles. The van der Waals surface area contributed by atoms with Gasteiger partial charge in [-0.3, -0.25) is 5.32 Å². The highest BCUT2D eigenvalue weighted by Gasteiger charge is 2.22. The Kier molecular flexibility index (Phi) is 4.25.